The van der Waals surface area contributed by atoms with Crippen LogP contribution in [0.4, 0.5) is 17.1 Å². The molecule has 0 saturated heterocycles. The third-order valence-corrected chi connectivity index (χ3v) is 14.4. The first-order valence-electron chi connectivity index (χ1n) is 22.3. The number of rotatable bonds is 8. The third-order valence-electron chi connectivity index (χ3n) is 14.4. The van der Waals surface area contributed by atoms with E-state index in [0.29, 0.717) is 0 Å². The number of nitrogens with zero attached hydrogens (tertiary/aromatic N) is 1. The van der Waals surface area contributed by atoms with Crippen LogP contribution in [0.5, 0.6) is 0 Å². The maximum absolute atomic E-state index is 4.25. The van der Waals surface area contributed by atoms with Gasteiger partial charge < -0.3 is 4.90 Å². The van der Waals surface area contributed by atoms with Crippen LogP contribution < -0.4 is 4.90 Å². The molecule has 0 spiro atoms. The van der Waals surface area contributed by atoms with Crippen LogP contribution in [0.25, 0.3) is 39.0 Å². The maximum Gasteiger partial charge on any atom is 0.0714 e. The largest absolute Gasteiger partial charge is 0.310 e. The van der Waals surface area contributed by atoms with E-state index in [4.69, 9.17) is 0 Å². The molecule has 8 aromatic carbocycles. The highest BCUT2D eigenvalue weighted by molar-refractivity contribution is 5.95. The van der Waals surface area contributed by atoms with Crippen LogP contribution >= 0.6 is 0 Å². The minimum atomic E-state index is -0.483. The van der Waals surface area contributed by atoms with E-state index in [1.807, 2.05) is 0 Å². The molecule has 0 radical (unpaired) electrons. The van der Waals surface area contributed by atoms with Crippen molar-refractivity contribution in [1.29, 1.82) is 0 Å². The molecule has 3 aliphatic rings. The summed E-state index contributed by atoms with van der Waals surface area (Å²) in [5, 5.41) is 0. The monoisotopic (exact) mass is 809 g/mol. The normalized spacial score (nSPS) is 15.7. The molecule has 0 fully saturated rings. The van der Waals surface area contributed by atoms with Crippen LogP contribution in [0.15, 0.2) is 218 Å². The summed E-state index contributed by atoms with van der Waals surface area (Å²) in [6.45, 7) is 15.9. The van der Waals surface area contributed by atoms with Gasteiger partial charge in [-0.15, -0.1) is 0 Å². The molecular weight excluding hydrogens is 759 g/mol. The van der Waals surface area contributed by atoms with Gasteiger partial charge in [-0.1, -0.05) is 192 Å². The zero-order valence-electron chi connectivity index (χ0n) is 36.8. The standard InChI is InChI=1S/C62H51N/c1-7-21-48-52-39-57-53(40-56(52)60(3,4)54(48)8-2)51-30-20-29-47(59(51)61(57,5)6)41-32-34-45(35-33-41)63(44-26-16-11-17-27-44)46-36-37-50-49-28-18-19-31-55(49)62(58(50)38-46,42-22-12-9-13-23-42)43-24-14-10-15-25-43/h7-40H,2H2,1,3-6H3/b21-7-. The molecule has 0 heterocycles. The zero-order valence-corrected chi connectivity index (χ0v) is 36.8. The Balaban J connectivity index is 1.04. The summed E-state index contributed by atoms with van der Waals surface area (Å²) in [5.41, 5.74) is 23.5. The van der Waals surface area contributed by atoms with Crippen LogP contribution in [-0.4, -0.2) is 0 Å². The van der Waals surface area contributed by atoms with E-state index in [-0.39, 0.29) is 10.8 Å². The van der Waals surface area contributed by atoms with Gasteiger partial charge in [0.1, 0.15) is 0 Å². The first-order valence-corrected chi connectivity index (χ1v) is 22.3. The smallest absolute Gasteiger partial charge is 0.0714 e. The number of benzene rings is 8. The quantitative estimate of drug-likeness (QED) is 0.148. The second-order valence-corrected chi connectivity index (χ2v) is 18.4. The van der Waals surface area contributed by atoms with Gasteiger partial charge in [0.25, 0.3) is 0 Å². The first-order chi connectivity index (χ1) is 30.7. The zero-order chi connectivity index (χ0) is 43.1. The molecule has 0 aromatic heterocycles. The van der Waals surface area contributed by atoms with Gasteiger partial charge in [0.2, 0.25) is 0 Å². The third kappa shape index (κ3) is 5.55. The molecule has 63 heavy (non-hydrogen) atoms. The molecule has 1 nitrogen and oxygen atoms in total. The van der Waals surface area contributed by atoms with Crippen LogP contribution in [0.1, 0.15) is 79.1 Å². The van der Waals surface area contributed by atoms with Gasteiger partial charge in [-0.2, -0.15) is 0 Å². The Morgan fingerprint density at radius 1 is 0.429 bits per heavy atom. The van der Waals surface area contributed by atoms with Crippen molar-refractivity contribution in [3.05, 3.63) is 263 Å². The van der Waals surface area contributed by atoms with Crippen molar-refractivity contribution < 1.29 is 0 Å². The van der Waals surface area contributed by atoms with Crippen molar-refractivity contribution in [3.63, 3.8) is 0 Å². The molecule has 0 saturated carbocycles. The molecule has 8 aromatic rings. The number of anilines is 3. The van der Waals surface area contributed by atoms with Crippen LogP contribution in [-0.2, 0) is 16.2 Å². The lowest BCUT2D eigenvalue weighted by atomic mass is 9.67. The van der Waals surface area contributed by atoms with Crippen LogP contribution in [0, 0.1) is 0 Å². The number of fused-ring (bicyclic) bond motifs is 7. The summed E-state index contributed by atoms with van der Waals surface area (Å²) < 4.78 is 0. The molecule has 3 aliphatic carbocycles. The van der Waals surface area contributed by atoms with Crippen molar-refractivity contribution in [2.75, 3.05) is 4.90 Å². The van der Waals surface area contributed by atoms with Crippen molar-refractivity contribution >= 4 is 22.6 Å². The number of hydrogen-bond acceptors (Lipinski definition) is 1. The molecule has 0 bridgehead atoms. The minimum Gasteiger partial charge on any atom is -0.310 e. The lowest BCUT2D eigenvalue weighted by Crippen LogP contribution is -2.28. The van der Waals surface area contributed by atoms with E-state index < -0.39 is 5.41 Å². The summed E-state index contributed by atoms with van der Waals surface area (Å²) in [7, 11) is 0. The van der Waals surface area contributed by atoms with Crippen LogP contribution in [0.3, 0.4) is 0 Å². The second kappa shape index (κ2) is 14.4. The SMILES string of the molecule is C=CC1=C(/C=C\C)c2cc3c(cc2C1(C)C)-c1cccc(-c2ccc(N(c4ccccc4)c4ccc5c(c4)C(c4ccccc4)(c4ccccc4)c4ccccc4-5)cc2)c1C3(C)C. The average molecular weight is 810 g/mol. The Bertz CT molecular complexity index is 3120. The van der Waals surface area contributed by atoms with E-state index in [2.05, 4.69) is 252 Å². The molecule has 0 unspecified atom stereocenters. The molecule has 1 heteroatoms. The van der Waals surface area contributed by atoms with Crippen molar-refractivity contribution in [1.82, 2.24) is 0 Å². The highest BCUT2D eigenvalue weighted by atomic mass is 15.1. The van der Waals surface area contributed by atoms with Crippen molar-refractivity contribution in [2.24, 2.45) is 0 Å². The lowest BCUT2D eigenvalue weighted by Gasteiger charge is -2.35. The molecular formula is C62H51N. The van der Waals surface area contributed by atoms with Gasteiger partial charge in [0.15, 0.2) is 0 Å². The molecule has 11 rings (SSSR count). The van der Waals surface area contributed by atoms with Gasteiger partial charge in [-0.3, -0.25) is 0 Å². The van der Waals surface area contributed by atoms with E-state index >= 15 is 0 Å². The van der Waals surface area contributed by atoms with Gasteiger partial charge >= 0.3 is 0 Å². The summed E-state index contributed by atoms with van der Waals surface area (Å²) in [6.07, 6.45) is 6.48. The van der Waals surface area contributed by atoms with Crippen molar-refractivity contribution in [3.8, 4) is 33.4 Å². The summed E-state index contributed by atoms with van der Waals surface area (Å²) in [5.74, 6) is 0. The van der Waals surface area contributed by atoms with E-state index in [1.54, 1.807) is 0 Å². The van der Waals surface area contributed by atoms with E-state index in [9.17, 15) is 0 Å². The van der Waals surface area contributed by atoms with Gasteiger partial charge in [0.05, 0.1) is 5.41 Å². The summed E-state index contributed by atoms with van der Waals surface area (Å²) in [6, 6.07) is 70.2. The number of para-hydroxylation sites is 1. The number of allylic oxidation sites excluding steroid dienone is 5. The summed E-state index contributed by atoms with van der Waals surface area (Å²) >= 11 is 0. The Morgan fingerprint density at radius 2 is 0.968 bits per heavy atom. The highest BCUT2D eigenvalue weighted by Crippen LogP contribution is 2.59. The fourth-order valence-electron chi connectivity index (χ4n) is 11.6. The maximum atomic E-state index is 4.25. The predicted molar refractivity (Wildman–Crippen MR) is 266 cm³/mol. The Labute approximate surface area is 373 Å². The molecule has 0 aliphatic heterocycles. The van der Waals surface area contributed by atoms with Gasteiger partial charge in [-0.25, -0.2) is 0 Å². The fraction of sp³-hybridized carbons (Fsp3) is 0.129. The number of hydrogen-bond donors (Lipinski definition) is 0. The Hall–Kier alpha value is -7.22. The topological polar surface area (TPSA) is 3.24 Å². The molecule has 304 valence electrons. The first kappa shape index (κ1) is 38.7. The fourth-order valence-corrected chi connectivity index (χ4v) is 11.6. The summed E-state index contributed by atoms with van der Waals surface area (Å²) in [4.78, 5) is 2.42. The Morgan fingerprint density at radius 3 is 1.63 bits per heavy atom. The average Bonchev–Trinajstić information content (AvgIpc) is 3.83. The molecule has 0 atom stereocenters. The lowest BCUT2D eigenvalue weighted by molar-refractivity contribution is 0.647. The van der Waals surface area contributed by atoms with E-state index in [0.717, 1.165) is 17.1 Å². The predicted octanol–water partition coefficient (Wildman–Crippen LogP) is 16.3. The van der Waals surface area contributed by atoms with Gasteiger partial charge in [-0.05, 0) is 144 Å². The minimum absolute atomic E-state index is 0.126. The van der Waals surface area contributed by atoms with Gasteiger partial charge in [0, 0.05) is 27.9 Å². The highest BCUT2D eigenvalue weighted by Gasteiger charge is 2.47. The second-order valence-electron chi connectivity index (χ2n) is 18.4. The van der Waals surface area contributed by atoms with Crippen molar-refractivity contribution in [2.45, 2.75) is 50.9 Å². The molecule has 0 amide bonds. The van der Waals surface area contributed by atoms with E-state index in [1.165, 1.54) is 89.0 Å². The molecule has 0 N–H and O–H groups in total. The Kier molecular flexibility index (Phi) is 8.86. The van der Waals surface area contributed by atoms with Crippen LogP contribution in [0.2, 0.25) is 0 Å².